The Morgan fingerprint density at radius 3 is 2.70 bits per heavy atom. The van der Waals surface area contributed by atoms with Crippen LogP contribution in [0.3, 0.4) is 0 Å². The maximum absolute atomic E-state index is 12.4. The molecule has 1 aromatic carbocycles. The second kappa shape index (κ2) is 4.84. The van der Waals surface area contributed by atoms with E-state index in [4.69, 9.17) is 6.15 Å². The van der Waals surface area contributed by atoms with Crippen LogP contribution in [-0.4, -0.2) is 25.1 Å². The molecule has 0 aromatic heterocycles. The van der Waals surface area contributed by atoms with Gasteiger partial charge in [0.1, 0.15) is 18.5 Å². The lowest BCUT2D eigenvalue weighted by Crippen LogP contribution is -2.48. The molecule has 0 aliphatic carbocycles. The normalized spacial score (nSPS) is 22.9. The van der Waals surface area contributed by atoms with Crippen LogP contribution in [0.4, 0.5) is 13.2 Å². The molecular formula is C14H16F3NO2. The summed E-state index contributed by atoms with van der Waals surface area (Å²) in [7, 11) is 0. The third-order valence-corrected chi connectivity index (χ3v) is 3.92. The molecule has 2 aliphatic rings. The molecule has 0 bridgehead atoms. The van der Waals surface area contributed by atoms with E-state index < -0.39 is 6.36 Å². The Hall–Kier alpha value is -1.43. The van der Waals surface area contributed by atoms with Crippen LogP contribution in [0, 0.1) is 0 Å². The van der Waals surface area contributed by atoms with Crippen molar-refractivity contribution in [3.8, 4) is 11.5 Å². The minimum atomic E-state index is -4.69. The van der Waals surface area contributed by atoms with Crippen molar-refractivity contribution >= 4 is 0 Å². The Morgan fingerprint density at radius 1 is 1.25 bits per heavy atom. The summed E-state index contributed by atoms with van der Waals surface area (Å²) < 4.78 is 54.9. The molecule has 3 nitrogen and oxygen atoms in total. The first-order valence-electron chi connectivity index (χ1n) is 7.12. The summed E-state index contributed by atoms with van der Waals surface area (Å²) in [5.41, 5.74) is 0.134. The maximum Gasteiger partial charge on any atom is 0.573 e. The van der Waals surface area contributed by atoms with Gasteiger partial charge in [-0.1, -0.05) is 6.07 Å². The number of piperidine rings is 1. The first kappa shape index (κ1) is 12.3. The molecular weight excluding hydrogens is 271 g/mol. The summed E-state index contributed by atoms with van der Waals surface area (Å²) in [6.45, 7) is 1.24. The van der Waals surface area contributed by atoms with E-state index in [2.05, 4.69) is 4.74 Å². The average molecular weight is 288 g/mol. The van der Waals surface area contributed by atoms with Crippen LogP contribution in [0.5, 0.6) is 11.5 Å². The smallest absolute Gasteiger partial charge is 0.487 e. The highest BCUT2D eigenvalue weighted by Crippen LogP contribution is 2.42. The average Bonchev–Trinajstić information content (AvgIpc) is 2.41. The predicted molar refractivity (Wildman–Crippen MR) is 66.9 cm³/mol. The first-order chi connectivity index (χ1) is 9.87. The van der Waals surface area contributed by atoms with E-state index in [1.165, 1.54) is 17.4 Å². The Bertz CT molecular complexity index is 527. The van der Waals surface area contributed by atoms with Crippen molar-refractivity contribution in [1.82, 2.24) is 5.31 Å². The van der Waals surface area contributed by atoms with Crippen molar-refractivity contribution in [1.29, 1.82) is 0 Å². The van der Waals surface area contributed by atoms with Gasteiger partial charge in [-0.15, -0.1) is 13.2 Å². The van der Waals surface area contributed by atoms with Gasteiger partial charge in [0.2, 0.25) is 0 Å². The minimum Gasteiger partial charge on any atom is -0.487 e. The molecule has 6 heteroatoms. The van der Waals surface area contributed by atoms with Gasteiger partial charge in [-0.3, -0.25) is 0 Å². The lowest BCUT2D eigenvalue weighted by Gasteiger charge is -2.42. The van der Waals surface area contributed by atoms with E-state index >= 15 is 0 Å². The van der Waals surface area contributed by atoms with Gasteiger partial charge in [-0.2, -0.15) is 0 Å². The van der Waals surface area contributed by atoms with Crippen LogP contribution >= 0.6 is 0 Å². The zero-order valence-electron chi connectivity index (χ0n) is 11.9. The Morgan fingerprint density at radius 2 is 2.00 bits per heavy atom. The summed E-state index contributed by atoms with van der Waals surface area (Å²) in [5, 5.41) is 1.49. The number of hydrogen-bond acceptors (Lipinski definition) is 3. The SMILES string of the molecule is [2H]N1CCC2(CCc3c(OC(F)(F)F)cccc3O2)CC1. The number of halogens is 3. The molecule has 0 radical (unpaired) electrons. The molecule has 1 spiro atoms. The third kappa shape index (κ3) is 2.70. The summed E-state index contributed by atoms with van der Waals surface area (Å²) in [6, 6.07) is 4.52. The van der Waals surface area contributed by atoms with E-state index in [0.29, 0.717) is 37.2 Å². The van der Waals surface area contributed by atoms with E-state index in [1.54, 1.807) is 6.07 Å². The van der Waals surface area contributed by atoms with Crippen LogP contribution < -0.4 is 14.8 Å². The van der Waals surface area contributed by atoms with E-state index in [1.807, 2.05) is 0 Å². The molecule has 2 aliphatic heterocycles. The van der Waals surface area contributed by atoms with Gasteiger partial charge in [0.05, 0.1) is 0 Å². The summed E-state index contributed by atoms with van der Waals surface area (Å²) >= 11 is 0. The lowest BCUT2D eigenvalue weighted by molar-refractivity contribution is -0.275. The third-order valence-electron chi connectivity index (χ3n) is 3.92. The van der Waals surface area contributed by atoms with Crippen LogP contribution in [0.25, 0.3) is 0 Å². The lowest BCUT2D eigenvalue weighted by atomic mass is 9.83. The van der Waals surface area contributed by atoms with Gasteiger partial charge in [-0.05, 0) is 50.9 Å². The summed E-state index contributed by atoms with van der Waals surface area (Å²) in [4.78, 5) is 0. The zero-order chi connectivity index (χ0) is 15.1. The molecule has 20 heavy (non-hydrogen) atoms. The Labute approximate surface area is 116 Å². The number of benzene rings is 1. The summed E-state index contributed by atoms with van der Waals surface area (Å²) in [6.07, 6.45) is -2.09. The quantitative estimate of drug-likeness (QED) is 0.861. The van der Waals surface area contributed by atoms with Gasteiger partial charge in [0.15, 0.2) is 0 Å². The van der Waals surface area contributed by atoms with Crippen molar-refractivity contribution in [2.24, 2.45) is 0 Å². The number of alkyl halides is 3. The van der Waals surface area contributed by atoms with Gasteiger partial charge in [0, 0.05) is 5.56 Å². The molecule has 1 saturated heterocycles. The van der Waals surface area contributed by atoms with Crippen molar-refractivity contribution in [3.05, 3.63) is 23.8 Å². The van der Waals surface area contributed by atoms with Crippen LogP contribution in [-0.2, 0) is 6.42 Å². The molecule has 0 atom stereocenters. The Kier molecular flexibility index (Phi) is 2.98. The highest BCUT2D eigenvalue weighted by molar-refractivity contribution is 5.46. The monoisotopic (exact) mass is 288 g/mol. The topological polar surface area (TPSA) is 30.5 Å². The summed E-state index contributed by atoms with van der Waals surface area (Å²) in [5.74, 6) is 0.300. The highest BCUT2D eigenvalue weighted by Gasteiger charge is 2.39. The first-order valence-corrected chi connectivity index (χ1v) is 6.67. The molecule has 1 aromatic rings. The fourth-order valence-corrected chi connectivity index (χ4v) is 2.90. The highest BCUT2D eigenvalue weighted by atomic mass is 19.4. The maximum atomic E-state index is 12.4. The molecule has 0 unspecified atom stereocenters. The van der Waals surface area contributed by atoms with Gasteiger partial charge in [0.25, 0.3) is 0 Å². The molecule has 1 N–H and O–H groups in total. The van der Waals surface area contributed by atoms with E-state index in [0.717, 1.165) is 12.8 Å². The number of nitrogens with one attached hydrogen (secondary N) is 1. The second-order valence-corrected chi connectivity index (χ2v) is 5.24. The zero-order valence-corrected chi connectivity index (χ0v) is 10.9. The fraction of sp³-hybridized carbons (Fsp3) is 0.571. The number of ether oxygens (including phenoxy) is 2. The molecule has 2 heterocycles. The predicted octanol–water partition coefficient (Wildman–Crippen LogP) is 3.03. The van der Waals surface area contributed by atoms with Crippen LogP contribution in [0.1, 0.15) is 24.8 Å². The van der Waals surface area contributed by atoms with Crippen molar-refractivity contribution in [2.45, 2.75) is 37.6 Å². The number of fused-ring (bicyclic) bond motifs is 1. The van der Waals surface area contributed by atoms with Crippen molar-refractivity contribution in [3.63, 3.8) is 0 Å². The van der Waals surface area contributed by atoms with Crippen molar-refractivity contribution < 1.29 is 24.1 Å². The van der Waals surface area contributed by atoms with Crippen LogP contribution in [0.2, 0.25) is 1.41 Å². The largest absolute Gasteiger partial charge is 0.573 e. The molecule has 1 fully saturated rings. The number of rotatable bonds is 1. The van der Waals surface area contributed by atoms with E-state index in [9.17, 15) is 13.2 Å². The second-order valence-electron chi connectivity index (χ2n) is 5.24. The van der Waals surface area contributed by atoms with Gasteiger partial charge >= 0.3 is 6.36 Å². The van der Waals surface area contributed by atoms with E-state index in [-0.39, 0.29) is 11.4 Å². The standard InChI is InChI=1S/C14H16F3NO2/c15-14(16,17)20-12-3-1-2-11-10(12)4-5-13(19-11)6-8-18-9-7-13/h1-3,18H,4-9H2/i/hD. The minimum absolute atomic E-state index is 0.173. The van der Waals surface area contributed by atoms with Crippen molar-refractivity contribution in [2.75, 3.05) is 13.1 Å². The Balaban J connectivity index is 1.82. The molecule has 0 saturated carbocycles. The number of hydrogen-bond donors (Lipinski definition) is 1. The van der Waals surface area contributed by atoms with Gasteiger partial charge in [-0.25, -0.2) is 0 Å². The molecule has 0 amide bonds. The molecule has 3 rings (SSSR count). The van der Waals surface area contributed by atoms with Crippen LogP contribution in [0.15, 0.2) is 18.2 Å². The fourth-order valence-electron chi connectivity index (χ4n) is 2.90. The van der Waals surface area contributed by atoms with Gasteiger partial charge < -0.3 is 14.8 Å². The molecule has 110 valence electrons.